The maximum absolute atomic E-state index is 5.82. The van der Waals surface area contributed by atoms with Gasteiger partial charge in [-0.15, -0.1) is 11.6 Å². The van der Waals surface area contributed by atoms with Crippen molar-refractivity contribution < 1.29 is 0 Å². The minimum absolute atomic E-state index is 0.485. The summed E-state index contributed by atoms with van der Waals surface area (Å²) in [7, 11) is 0. The molecule has 2 aromatic heterocycles. The molecule has 0 saturated heterocycles. The first-order valence-electron chi connectivity index (χ1n) is 5.93. The van der Waals surface area contributed by atoms with E-state index in [1.807, 2.05) is 24.4 Å². The zero-order valence-corrected chi connectivity index (χ0v) is 11.1. The number of hydrogen-bond acceptors (Lipinski definition) is 2. The molecule has 0 bridgehead atoms. The van der Waals surface area contributed by atoms with Gasteiger partial charge in [-0.3, -0.25) is 4.90 Å². The number of aromatic nitrogens is 2. The first-order chi connectivity index (χ1) is 8.20. The third kappa shape index (κ3) is 2.99. The monoisotopic (exact) mass is 251 g/mol. The Balaban J connectivity index is 2.16. The van der Waals surface area contributed by atoms with E-state index >= 15 is 0 Å². The summed E-state index contributed by atoms with van der Waals surface area (Å²) in [5, 5.41) is 0. The molecule has 3 nitrogen and oxygen atoms in total. The van der Waals surface area contributed by atoms with Gasteiger partial charge in [0.05, 0.1) is 5.69 Å². The molecule has 0 amide bonds. The summed E-state index contributed by atoms with van der Waals surface area (Å²) < 4.78 is 2.05. The van der Waals surface area contributed by atoms with Crippen LogP contribution in [0.1, 0.15) is 19.5 Å². The molecule has 0 atom stereocenters. The number of nitrogens with zero attached hydrogens (tertiary/aromatic N) is 3. The summed E-state index contributed by atoms with van der Waals surface area (Å²) in [5.41, 5.74) is 2.09. The van der Waals surface area contributed by atoms with Crippen LogP contribution in [0, 0.1) is 0 Å². The summed E-state index contributed by atoms with van der Waals surface area (Å²) in [4.78, 5) is 6.92. The van der Waals surface area contributed by atoms with E-state index in [0.29, 0.717) is 11.9 Å². The van der Waals surface area contributed by atoms with Crippen LogP contribution >= 0.6 is 11.6 Å². The fourth-order valence-electron chi connectivity index (χ4n) is 1.90. The highest BCUT2D eigenvalue weighted by atomic mass is 35.5. The molecule has 2 rings (SSSR count). The standard InChI is InChI=1S/C13H18ClN3/c1-11(2)16(8-6-14)9-12-10-17-7-4-3-5-13(17)15-12/h3-5,7,10-11H,6,8-9H2,1-2H3. The Morgan fingerprint density at radius 3 is 2.88 bits per heavy atom. The second-order valence-corrected chi connectivity index (χ2v) is 4.83. The number of pyridine rings is 1. The van der Waals surface area contributed by atoms with Crippen molar-refractivity contribution in [3.05, 3.63) is 36.3 Å². The van der Waals surface area contributed by atoms with Crippen molar-refractivity contribution in [2.45, 2.75) is 26.4 Å². The minimum atomic E-state index is 0.485. The molecule has 0 N–H and O–H groups in total. The van der Waals surface area contributed by atoms with Gasteiger partial charge in [-0.05, 0) is 26.0 Å². The highest BCUT2D eigenvalue weighted by Gasteiger charge is 2.11. The average Bonchev–Trinajstić information content (AvgIpc) is 2.70. The SMILES string of the molecule is CC(C)N(CCCl)Cc1cn2ccccc2n1. The number of halogens is 1. The molecular formula is C13H18ClN3. The molecule has 0 aliphatic carbocycles. The topological polar surface area (TPSA) is 20.5 Å². The van der Waals surface area contributed by atoms with Crippen LogP contribution in [0.2, 0.25) is 0 Å². The number of imidazole rings is 1. The van der Waals surface area contributed by atoms with Crippen LogP contribution in [0.15, 0.2) is 30.6 Å². The molecule has 0 aromatic carbocycles. The van der Waals surface area contributed by atoms with Crippen LogP contribution in [-0.2, 0) is 6.54 Å². The first-order valence-corrected chi connectivity index (χ1v) is 6.47. The van der Waals surface area contributed by atoms with Crippen LogP contribution in [-0.4, -0.2) is 32.8 Å². The lowest BCUT2D eigenvalue weighted by Gasteiger charge is -2.24. The molecule has 4 heteroatoms. The lowest BCUT2D eigenvalue weighted by Crippen LogP contribution is -2.32. The van der Waals surface area contributed by atoms with Gasteiger partial charge in [-0.25, -0.2) is 4.98 Å². The van der Waals surface area contributed by atoms with E-state index in [1.165, 1.54) is 0 Å². The van der Waals surface area contributed by atoms with Crippen molar-refractivity contribution in [2.75, 3.05) is 12.4 Å². The van der Waals surface area contributed by atoms with E-state index in [1.54, 1.807) is 0 Å². The van der Waals surface area contributed by atoms with Gasteiger partial charge in [0, 0.05) is 37.4 Å². The minimum Gasteiger partial charge on any atom is -0.307 e. The predicted octanol–water partition coefficient (Wildman–Crippen LogP) is 2.78. The largest absolute Gasteiger partial charge is 0.307 e. The van der Waals surface area contributed by atoms with Crippen molar-refractivity contribution in [1.29, 1.82) is 0 Å². The summed E-state index contributed by atoms with van der Waals surface area (Å²) >= 11 is 5.82. The Kier molecular flexibility index (Phi) is 4.02. The van der Waals surface area contributed by atoms with Crippen LogP contribution < -0.4 is 0 Å². The quantitative estimate of drug-likeness (QED) is 0.762. The fourth-order valence-corrected chi connectivity index (χ4v) is 2.12. The van der Waals surface area contributed by atoms with Crippen molar-refractivity contribution in [3.8, 4) is 0 Å². The Bertz CT molecular complexity index is 445. The number of hydrogen-bond donors (Lipinski definition) is 0. The van der Waals surface area contributed by atoms with Gasteiger partial charge in [0.15, 0.2) is 0 Å². The van der Waals surface area contributed by atoms with Gasteiger partial charge in [-0.1, -0.05) is 6.07 Å². The van der Waals surface area contributed by atoms with Crippen molar-refractivity contribution in [3.63, 3.8) is 0 Å². The van der Waals surface area contributed by atoms with E-state index in [0.717, 1.165) is 24.4 Å². The molecule has 0 fully saturated rings. The molecule has 2 aromatic rings. The normalized spacial score (nSPS) is 11.8. The highest BCUT2D eigenvalue weighted by molar-refractivity contribution is 6.18. The lowest BCUT2D eigenvalue weighted by molar-refractivity contribution is 0.224. The van der Waals surface area contributed by atoms with Crippen LogP contribution in [0.25, 0.3) is 5.65 Å². The van der Waals surface area contributed by atoms with Gasteiger partial charge < -0.3 is 4.40 Å². The summed E-state index contributed by atoms with van der Waals surface area (Å²) in [6.45, 7) is 6.11. The van der Waals surface area contributed by atoms with Gasteiger partial charge in [-0.2, -0.15) is 0 Å². The summed E-state index contributed by atoms with van der Waals surface area (Å²) in [5.74, 6) is 0.658. The smallest absolute Gasteiger partial charge is 0.137 e. The van der Waals surface area contributed by atoms with Gasteiger partial charge in [0.1, 0.15) is 5.65 Å². The van der Waals surface area contributed by atoms with Crippen LogP contribution in [0.4, 0.5) is 0 Å². The van der Waals surface area contributed by atoms with E-state index in [-0.39, 0.29) is 0 Å². The summed E-state index contributed by atoms with van der Waals surface area (Å²) in [6.07, 6.45) is 4.10. The molecule has 92 valence electrons. The van der Waals surface area contributed by atoms with E-state index in [9.17, 15) is 0 Å². The Hall–Kier alpha value is -1.06. The molecule has 0 aliphatic heterocycles. The molecular weight excluding hydrogens is 234 g/mol. The van der Waals surface area contributed by atoms with Gasteiger partial charge >= 0.3 is 0 Å². The number of alkyl halides is 1. The maximum Gasteiger partial charge on any atom is 0.137 e. The van der Waals surface area contributed by atoms with Crippen LogP contribution in [0.3, 0.4) is 0 Å². The third-order valence-electron chi connectivity index (χ3n) is 2.88. The molecule has 2 heterocycles. The third-order valence-corrected chi connectivity index (χ3v) is 3.05. The Labute approximate surface area is 107 Å². The van der Waals surface area contributed by atoms with E-state index in [4.69, 9.17) is 11.6 Å². The molecule has 0 aliphatic rings. The van der Waals surface area contributed by atoms with Crippen LogP contribution in [0.5, 0.6) is 0 Å². The molecule has 0 unspecified atom stereocenters. The lowest BCUT2D eigenvalue weighted by atomic mass is 10.3. The zero-order chi connectivity index (χ0) is 12.3. The average molecular weight is 252 g/mol. The second kappa shape index (κ2) is 5.52. The van der Waals surface area contributed by atoms with Gasteiger partial charge in [0.2, 0.25) is 0 Å². The fraction of sp³-hybridized carbons (Fsp3) is 0.462. The zero-order valence-electron chi connectivity index (χ0n) is 10.3. The second-order valence-electron chi connectivity index (χ2n) is 4.45. The number of fused-ring (bicyclic) bond motifs is 1. The summed E-state index contributed by atoms with van der Waals surface area (Å²) in [6, 6.07) is 6.52. The van der Waals surface area contributed by atoms with E-state index < -0.39 is 0 Å². The molecule has 0 radical (unpaired) electrons. The first kappa shape index (κ1) is 12.4. The van der Waals surface area contributed by atoms with Gasteiger partial charge in [0.25, 0.3) is 0 Å². The molecule has 17 heavy (non-hydrogen) atoms. The van der Waals surface area contributed by atoms with E-state index in [2.05, 4.69) is 34.3 Å². The molecule has 0 saturated carbocycles. The Morgan fingerprint density at radius 2 is 2.24 bits per heavy atom. The maximum atomic E-state index is 5.82. The van der Waals surface area contributed by atoms with Crippen molar-refractivity contribution in [2.24, 2.45) is 0 Å². The van der Waals surface area contributed by atoms with Crippen molar-refractivity contribution >= 4 is 17.2 Å². The molecule has 0 spiro atoms. The predicted molar refractivity (Wildman–Crippen MR) is 71.5 cm³/mol. The number of rotatable bonds is 5. The van der Waals surface area contributed by atoms with Crippen molar-refractivity contribution in [1.82, 2.24) is 14.3 Å². The highest BCUT2D eigenvalue weighted by Crippen LogP contribution is 2.09. The Morgan fingerprint density at radius 1 is 1.41 bits per heavy atom.